The maximum atomic E-state index is 5.09. The smallest absolute Gasteiger partial charge is 0.282 e. The summed E-state index contributed by atoms with van der Waals surface area (Å²) in [5.41, 5.74) is -0.901. The lowest BCUT2D eigenvalue weighted by atomic mass is 10.2. The van der Waals surface area contributed by atoms with Gasteiger partial charge in [0.25, 0.3) is 11.8 Å². The molecule has 0 saturated carbocycles. The van der Waals surface area contributed by atoms with E-state index in [0.717, 1.165) is 0 Å². The van der Waals surface area contributed by atoms with Crippen LogP contribution in [0.1, 0.15) is 41.5 Å². The van der Waals surface area contributed by atoms with Crippen LogP contribution in [0.25, 0.3) is 0 Å². The normalized spacial score (nSPS) is 12.3. The molecule has 0 aromatic carbocycles. The van der Waals surface area contributed by atoms with Crippen molar-refractivity contribution in [1.29, 1.82) is 0 Å². The third-order valence-corrected chi connectivity index (χ3v) is 1.29. The number of hydrogen-bond acceptors (Lipinski definition) is 7. The van der Waals surface area contributed by atoms with Crippen molar-refractivity contribution in [3.8, 4) is 11.8 Å². The SMILES string of the molecule is CC(C)(C)OOc1cc(OOC(C)(C)C)nnn1. The molecule has 0 amide bonds. The second kappa shape index (κ2) is 5.45. The summed E-state index contributed by atoms with van der Waals surface area (Å²) < 4.78 is 0. The van der Waals surface area contributed by atoms with Gasteiger partial charge < -0.3 is 9.78 Å². The molecular formula is C11H19N3O4. The third kappa shape index (κ3) is 6.31. The Balaban J connectivity index is 2.57. The summed E-state index contributed by atoms with van der Waals surface area (Å²) in [4.78, 5) is 20.2. The second-order valence-electron chi connectivity index (χ2n) is 5.67. The van der Waals surface area contributed by atoms with Gasteiger partial charge in [0, 0.05) is 0 Å². The molecule has 0 aliphatic carbocycles. The molecule has 0 atom stereocenters. The molecule has 1 rings (SSSR count). The lowest BCUT2D eigenvalue weighted by Crippen LogP contribution is -2.22. The van der Waals surface area contributed by atoms with Crippen molar-refractivity contribution in [1.82, 2.24) is 15.4 Å². The molecule has 0 unspecified atom stereocenters. The summed E-state index contributed by atoms with van der Waals surface area (Å²) in [5.74, 6) is 0.292. The molecule has 0 aliphatic heterocycles. The first-order valence-corrected chi connectivity index (χ1v) is 5.57. The minimum absolute atomic E-state index is 0.146. The van der Waals surface area contributed by atoms with Crippen molar-refractivity contribution in [3.63, 3.8) is 0 Å². The number of rotatable bonds is 4. The van der Waals surface area contributed by atoms with Gasteiger partial charge in [0.1, 0.15) is 11.2 Å². The molecule has 1 aromatic heterocycles. The molecule has 0 saturated heterocycles. The van der Waals surface area contributed by atoms with E-state index in [2.05, 4.69) is 15.4 Å². The summed E-state index contributed by atoms with van der Waals surface area (Å²) in [7, 11) is 0. The average Bonchev–Trinajstić information content (AvgIpc) is 2.22. The Kier molecular flexibility index (Phi) is 4.42. The summed E-state index contributed by atoms with van der Waals surface area (Å²) in [6.07, 6.45) is 0. The average molecular weight is 257 g/mol. The van der Waals surface area contributed by atoms with Gasteiger partial charge in [0.05, 0.1) is 6.07 Å². The Morgan fingerprint density at radius 1 is 0.778 bits per heavy atom. The predicted molar refractivity (Wildman–Crippen MR) is 62.8 cm³/mol. The van der Waals surface area contributed by atoms with Crippen LogP contribution in [0.5, 0.6) is 11.8 Å². The molecule has 0 bridgehead atoms. The van der Waals surface area contributed by atoms with E-state index in [-0.39, 0.29) is 11.8 Å². The van der Waals surface area contributed by atoms with Crippen molar-refractivity contribution < 1.29 is 19.6 Å². The van der Waals surface area contributed by atoms with Gasteiger partial charge in [-0.25, -0.2) is 0 Å². The van der Waals surface area contributed by atoms with Gasteiger partial charge in [-0.2, -0.15) is 9.78 Å². The number of nitrogens with zero attached hydrogens (tertiary/aromatic N) is 3. The predicted octanol–water partition coefficient (Wildman–Crippen LogP) is 2.09. The second-order valence-corrected chi connectivity index (χ2v) is 5.67. The molecule has 1 heterocycles. The van der Waals surface area contributed by atoms with Crippen LogP contribution in [-0.4, -0.2) is 26.6 Å². The van der Waals surface area contributed by atoms with Gasteiger partial charge in [-0.05, 0) is 46.8 Å². The van der Waals surface area contributed by atoms with Crippen LogP contribution < -0.4 is 9.78 Å². The Morgan fingerprint density at radius 2 is 1.17 bits per heavy atom. The highest BCUT2D eigenvalue weighted by molar-refractivity contribution is 5.14. The van der Waals surface area contributed by atoms with Gasteiger partial charge in [0.15, 0.2) is 0 Å². The fourth-order valence-corrected chi connectivity index (χ4v) is 0.691. The summed E-state index contributed by atoms with van der Waals surface area (Å²) in [5, 5.41) is 10.8. The van der Waals surface area contributed by atoms with Gasteiger partial charge in [-0.15, -0.1) is 0 Å². The fraction of sp³-hybridized carbons (Fsp3) is 0.727. The lowest BCUT2D eigenvalue weighted by molar-refractivity contribution is -0.282. The van der Waals surface area contributed by atoms with Crippen LogP contribution in [0.2, 0.25) is 0 Å². The molecule has 0 N–H and O–H groups in total. The first-order chi connectivity index (χ1) is 8.16. The van der Waals surface area contributed by atoms with Gasteiger partial charge in [-0.3, -0.25) is 0 Å². The Morgan fingerprint density at radius 3 is 1.50 bits per heavy atom. The minimum atomic E-state index is -0.451. The summed E-state index contributed by atoms with van der Waals surface area (Å²) in [6.45, 7) is 11.1. The van der Waals surface area contributed by atoms with Crippen LogP contribution in [0, 0.1) is 0 Å². The molecule has 18 heavy (non-hydrogen) atoms. The third-order valence-electron chi connectivity index (χ3n) is 1.29. The molecule has 1 aromatic rings. The Hall–Kier alpha value is -1.47. The highest BCUT2D eigenvalue weighted by Gasteiger charge is 2.16. The topological polar surface area (TPSA) is 75.6 Å². The largest absolute Gasteiger partial charge is 0.314 e. The highest BCUT2D eigenvalue weighted by Crippen LogP contribution is 2.17. The number of aromatic nitrogens is 3. The van der Waals surface area contributed by atoms with E-state index in [1.54, 1.807) is 0 Å². The van der Waals surface area contributed by atoms with Crippen molar-refractivity contribution in [2.75, 3.05) is 0 Å². The first kappa shape index (κ1) is 14.6. The summed E-state index contributed by atoms with van der Waals surface area (Å²) in [6, 6.07) is 1.42. The van der Waals surface area contributed by atoms with E-state index in [1.807, 2.05) is 41.5 Å². The maximum absolute atomic E-state index is 5.09. The zero-order chi connectivity index (χ0) is 13.8. The monoisotopic (exact) mass is 257 g/mol. The van der Waals surface area contributed by atoms with Crippen molar-refractivity contribution in [2.24, 2.45) is 0 Å². The molecule has 0 spiro atoms. The van der Waals surface area contributed by atoms with Gasteiger partial charge in [0.2, 0.25) is 0 Å². The Bertz CT molecular complexity index is 351. The lowest BCUT2D eigenvalue weighted by Gasteiger charge is -2.18. The van der Waals surface area contributed by atoms with E-state index < -0.39 is 11.2 Å². The van der Waals surface area contributed by atoms with Crippen LogP contribution >= 0.6 is 0 Å². The molecule has 7 nitrogen and oxygen atoms in total. The highest BCUT2D eigenvalue weighted by atomic mass is 17.2. The van der Waals surface area contributed by atoms with Crippen molar-refractivity contribution >= 4 is 0 Å². The van der Waals surface area contributed by atoms with Crippen molar-refractivity contribution in [3.05, 3.63) is 6.07 Å². The van der Waals surface area contributed by atoms with E-state index in [9.17, 15) is 0 Å². The number of hydrogen-bond donors (Lipinski definition) is 0. The van der Waals surface area contributed by atoms with Crippen LogP contribution in [0.15, 0.2) is 6.07 Å². The van der Waals surface area contributed by atoms with Crippen LogP contribution in [0.3, 0.4) is 0 Å². The quantitative estimate of drug-likeness (QED) is 0.603. The molecular weight excluding hydrogens is 238 g/mol. The van der Waals surface area contributed by atoms with Crippen LogP contribution in [0.4, 0.5) is 0 Å². The molecule has 0 fully saturated rings. The molecule has 0 radical (unpaired) electrons. The van der Waals surface area contributed by atoms with Crippen LogP contribution in [-0.2, 0) is 9.78 Å². The fourth-order valence-electron chi connectivity index (χ4n) is 0.691. The van der Waals surface area contributed by atoms with Gasteiger partial charge >= 0.3 is 0 Å². The molecule has 7 heteroatoms. The van der Waals surface area contributed by atoms with E-state index in [4.69, 9.17) is 19.6 Å². The maximum Gasteiger partial charge on any atom is 0.282 e. The van der Waals surface area contributed by atoms with E-state index in [1.165, 1.54) is 6.07 Å². The minimum Gasteiger partial charge on any atom is -0.314 e. The zero-order valence-corrected chi connectivity index (χ0v) is 11.6. The van der Waals surface area contributed by atoms with E-state index >= 15 is 0 Å². The molecule has 0 aliphatic rings. The first-order valence-electron chi connectivity index (χ1n) is 5.57. The van der Waals surface area contributed by atoms with Gasteiger partial charge in [-0.1, -0.05) is 10.2 Å². The Labute approximate surface area is 106 Å². The van der Waals surface area contributed by atoms with E-state index in [0.29, 0.717) is 0 Å². The molecule has 102 valence electrons. The standard InChI is InChI=1S/C11H19N3O4/c1-10(2,3)17-15-8-7-9(13-14-12-8)16-18-11(4,5)6/h7H,1-6H3. The summed E-state index contributed by atoms with van der Waals surface area (Å²) >= 11 is 0. The van der Waals surface area contributed by atoms with Crippen molar-refractivity contribution in [2.45, 2.75) is 52.7 Å². The zero-order valence-electron chi connectivity index (χ0n) is 11.6.